The molecule has 1 atom stereocenters. The van der Waals surface area contributed by atoms with Gasteiger partial charge in [0.05, 0.1) is 5.56 Å². The molecule has 1 heterocycles. The van der Waals surface area contributed by atoms with Crippen LogP contribution in [0.2, 0.25) is 10.0 Å². The van der Waals surface area contributed by atoms with Crippen molar-refractivity contribution in [3.63, 3.8) is 0 Å². The fourth-order valence-corrected chi connectivity index (χ4v) is 4.14. The standard InChI is InChI=1S/C21H25Cl2N3O2.CH4/c1-25(2)7-6-24-21(28)16-8-13(4-5-20(16)27)17-11-26(3)12-18-15(17)9-14(22)10-19(18)23;/h4-5,8-10,17,27H,6-7,11-12H2,1-3H3,(H,24,28);1H4. The maximum absolute atomic E-state index is 12.6. The van der Waals surface area contributed by atoms with Crippen molar-refractivity contribution in [1.82, 2.24) is 15.1 Å². The SMILES string of the molecule is C.CN(C)CCNC(=O)c1cc(C2CN(C)Cc3c(Cl)cc(Cl)cc32)ccc1O. The molecule has 29 heavy (non-hydrogen) atoms. The summed E-state index contributed by atoms with van der Waals surface area (Å²) < 4.78 is 0. The van der Waals surface area contributed by atoms with Gasteiger partial charge in [0, 0.05) is 42.1 Å². The van der Waals surface area contributed by atoms with Crippen molar-refractivity contribution in [3.05, 3.63) is 62.6 Å². The van der Waals surface area contributed by atoms with Gasteiger partial charge in [0.15, 0.2) is 0 Å². The molecule has 0 bridgehead atoms. The molecule has 2 aromatic carbocycles. The molecule has 0 aromatic heterocycles. The number of fused-ring (bicyclic) bond motifs is 1. The summed E-state index contributed by atoms with van der Waals surface area (Å²) in [7, 11) is 5.92. The van der Waals surface area contributed by atoms with E-state index in [0.29, 0.717) is 16.6 Å². The third kappa shape index (κ3) is 5.43. The summed E-state index contributed by atoms with van der Waals surface area (Å²) in [6, 6.07) is 8.91. The van der Waals surface area contributed by atoms with Crippen LogP contribution < -0.4 is 5.32 Å². The van der Waals surface area contributed by atoms with Crippen molar-refractivity contribution in [2.45, 2.75) is 19.9 Å². The fourth-order valence-electron chi connectivity index (χ4n) is 3.57. The number of hydrogen-bond donors (Lipinski definition) is 2. The molecule has 1 unspecified atom stereocenters. The fraction of sp³-hybridized carbons (Fsp3) is 0.409. The Labute approximate surface area is 183 Å². The van der Waals surface area contributed by atoms with E-state index in [1.807, 2.05) is 38.2 Å². The summed E-state index contributed by atoms with van der Waals surface area (Å²) in [5, 5.41) is 14.3. The van der Waals surface area contributed by atoms with E-state index in [1.54, 1.807) is 18.2 Å². The minimum atomic E-state index is -0.283. The van der Waals surface area contributed by atoms with Crippen molar-refractivity contribution in [1.29, 1.82) is 0 Å². The van der Waals surface area contributed by atoms with Crippen LogP contribution in [0.4, 0.5) is 0 Å². The molecule has 2 N–H and O–H groups in total. The summed E-state index contributed by atoms with van der Waals surface area (Å²) in [6.07, 6.45) is 0. The highest BCUT2D eigenvalue weighted by Gasteiger charge is 2.28. The molecule has 0 saturated carbocycles. The molecule has 158 valence electrons. The number of carbonyl (C=O) groups excluding carboxylic acids is 1. The maximum Gasteiger partial charge on any atom is 0.255 e. The first kappa shape index (κ1) is 23.5. The van der Waals surface area contributed by atoms with Crippen LogP contribution >= 0.6 is 23.2 Å². The summed E-state index contributed by atoms with van der Waals surface area (Å²) in [5.41, 5.74) is 3.34. The van der Waals surface area contributed by atoms with Crippen LogP contribution in [0.15, 0.2) is 30.3 Å². The number of likely N-dealkylation sites (N-methyl/N-ethyl adjacent to an activating group) is 2. The minimum absolute atomic E-state index is 0. The van der Waals surface area contributed by atoms with Crippen molar-refractivity contribution in [2.24, 2.45) is 0 Å². The number of amides is 1. The monoisotopic (exact) mass is 437 g/mol. The lowest BCUT2D eigenvalue weighted by atomic mass is 9.84. The molecule has 0 spiro atoms. The van der Waals surface area contributed by atoms with Gasteiger partial charge < -0.3 is 20.2 Å². The normalized spacial score (nSPS) is 16.3. The van der Waals surface area contributed by atoms with Gasteiger partial charge in [-0.25, -0.2) is 0 Å². The molecule has 1 aliphatic heterocycles. The van der Waals surface area contributed by atoms with Gasteiger partial charge in [-0.05, 0) is 62.1 Å². The lowest BCUT2D eigenvalue weighted by molar-refractivity contribution is 0.0948. The van der Waals surface area contributed by atoms with Crippen LogP contribution in [0, 0.1) is 0 Å². The van der Waals surface area contributed by atoms with Gasteiger partial charge in [0.2, 0.25) is 0 Å². The van der Waals surface area contributed by atoms with Gasteiger partial charge >= 0.3 is 0 Å². The number of nitrogens with one attached hydrogen (secondary N) is 1. The predicted molar refractivity (Wildman–Crippen MR) is 120 cm³/mol. The quantitative estimate of drug-likeness (QED) is 0.735. The Hall–Kier alpha value is -1.79. The highest BCUT2D eigenvalue weighted by atomic mass is 35.5. The first-order chi connectivity index (χ1) is 13.3. The summed E-state index contributed by atoms with van der Waals surface area (Å²) in [5.74, 6) is -0.298. The number of aromatic hydroxyl groups is 1. The van der Waals surface area contributed by atoms with Crippen LogP contribution in [0.5, 0.6) is 5.75 Å². The summed E-state index contributed by atoms with van der Waals surface area (Å²) in [4.78, 5) is 16.7. The first-order valence-corrected chi connectivity index (χ1v) is 9.94. The van der Waals surface area contributed by atoms with Gasteiger partial charge in [-0.15, -0.1) is 0 Å². The van der Waals surface area contributed by atoms with Crippen LogP contribution in [0.1, 0.15) is 40.4 Å². The third-order valence-corrected chi connectivity index (χ3v) is 5.56. The number of hydrogen-bond acceptors (Lipinski definition) is 4. The number of rotatable bonds is 5. The number of benzene rings is 2. The summed E-state index contributed by atoms with van der Waals surface area (Å²) >= 11 is 12.7. The molecular weight excluding hydrogens is 409 g/mol. The van der Waals surface area contributed by atoms with Gasteiger partial charge in [-0.1, -0.05) is 36.7 Å². The van der Waals surface area contributed by atoms with Crippen molar-refractivity contribution in [3.8, 4) is 5.75 Å². The number of halogens is 2. The molecule has 7 heteroatoms. The second kappa shape index (κ2) is 9.81. The highest BCUT2D eigenvalue weighted by molar-refractivity contribution is 6.35. The van der Waals surface area contributed by atoms with E-state index < -0.39 is 0 Å². The van der Waals surface area contributed by atoms with E-state index in [0.717, 1.165) is 36.3 Å². The topological polar surface area (TPSA) is 55.8 Å². The van der Waals surface area contributed by atoms with Crippen molar-refractivity contribution >= 4 is 29.1 Å². The smallest absolute Gasteiger partial charge is 0.255 e. The van der Waals surface area contributed by atoms with Gasteiger partial charge in [0.25, 0.3) is 5.91 Å². The number of carbonyl (C=O) groups is 1. The minimum Gasteiger partial charge on any atom is -0.507 e. The van der Waals surface area contributed by atoms with E-state index in [9.17, 15) is 9.90 Å². The molecule has 0 aliphatic carbocycles. The maximum atomic E-state index is 12.6. The van der Waals surface area contributed by atoms with Crippen LogP contribution in [-0.2, 0) is 6.54 Å². The van der Waals surface area contributed by atoms with E-state index in [2.05, 4.69) is 10.2 Å². The lowest BCUT2D eigenvalue weighted by Crippen LogP contribution is -2.32. The molecule has 0 radical (unpaired) electrons. The molecule has 0 fully saturated rings. The third-order valence-electron chi connectivity index (χ3n) is 5.00. The largest absolute Gasteiger partial charge is 0.507 e. The van der Waals surface area contributed by atoms with Crippen LogP contribution in [0.25, 0.3) is 0 Å². The Morgan fingerprint density at radius 2 is 2.00 bits per heavy atom. The zero-order chi connectivity index (χ0) is 20.4. The van der Waals surface area contributed by atoms with Crippen LogP contribution in [-0.4, -0.2) is 61.6 Å². The zero-order valence-corrected chi connectivity index (χ0v) is 17.8. The van der Waals surface area contributed by atoms with E-state index >= 15 is 0 Å². The van der Waals surface area contributed by atoms with Crippen molar-refractivity contribution < 1.29 is 9.90 Å². The molecule has 0 saturated heterocycles. The zero-order valence-electron chi connectivity index (χ0n) is 16.3. The first-order valence-electron chi connectivity index (χ1n) is 9.18. The van der Waals surface area contributed by atoms with Crippen LogP contribution in [0.3, 0.4) is 0 Å². The second-order valence-corrected chi connectivity index (χ2v) is 8.38. The average Bonchev–Trinajstić information content (AvgIpc) is 2.62. The lowest BCUT2D eigenvalue weighted by Gasteiger charge is -2.33. The molecule has 3 rings (SSSR count). The molecular formula is C22H29Cl2N3O2. The Balaban J connectivity index is 0.00000300. The Kier molecular flexibility index (Phi) is 7.94. The molecule has 1 aliphatic rings. The van der Waals surface area contributed by atoms with Gasteiger partial charge in [-0.2, -0.15) is 0 Å². The Morgan fingerprint density at radius 1 is 1.28 bits per heavy atom. The van der Waals surface area contributed by atoms with Gasteiger partial charge in [-0.3, -0.25) is 4.79 Å². The molecule has 2 aromatic rings. The van der Waals surface area contributed by atoms with E-state index in [1.165, 1.54) is 0 Å². The summed E-state index contributed by atoms with van der Waals surface area (Å²) in [6.45, 7) is 2.76. The Morgan fingerprint density at radius 3 is 2.69 bits per heavy atom. The molecule has 5 nitrogen and oxygen atoms in total. The van der Waals surface area contributed by atoms with E-state index in [-0.39, 0.29) is 30.6 Å². The Bertz CT molecular complexity index is 887. The highest BCUT2D eigenvalue weighted by Crippen LogP contribution is 2.39. The van der Waals surface area contributed by atoms with Crippen molar-refractivity contribution in [2.75, 3.05) is 40.8 Å². The second-order valence-electron chi connectivity index (χ2n) is 7.54. The molecule has 1 amide bonds. The number of phenolic OH excluding ortho intramolecular Hbond substituents is 1. The number of nitrogens with zero attached hydrogens (tertiary/aromatic N) is 2. The van der Waals surface area contributed by atoms with Gasteiger partial charge in [0.1, 0.15) is 5.75 Å². The average molecular weight is 438 g/mol. The van der Waals surface area contributed by atoms with E-state index in [4.69, 9.17) is 23.2 Å². The predicted octanol–water partition coefficient (Wildman–Crippen LogP) is 4.20. The number of phenols is 1.